The van der Waals surface area contributed by atoms with E-state index in [1.807, 2.05) is 18.2 Å². The van der Waals surface area contributed by atoms with Gasteiger partial charge in [-0.2, -0.15) is 0 Å². The summed E-state index contributed by atoms with van der Waals surface area (Å²) in [6.07, 6.45) is 2.23. The summed E-state index contributed by atoms with van der Waals surface area (Å²) in [5.41, 5.74) is 2.06. The van der Waals surface area contributed by atoms with E-state index in [1.54, 1.807) is 0 Å². The number of hydrogen-bond donors (Lipinski definition) is 0. The lowest BCUT2D eigenvalue weighted by Crippen LogP contribution is -2.43. The summed E-state index contributed by atoms with van der Waals surface area (Å²) in [6, 6.07) is 10.3. The summed E-state index contributed by atoms with van der Waals surface area (Å²) in [5.74, 6) is 1.64. The van der Waals surface area contributed by atoms with Crippen LogP contribution < -0.4 is 9.80 Å². The molecule has 29 heavy (non-hydrogen) atoms. The fraction of sp³-hybridized carbons (Fsp3) is 0.500. The van der Waals surface area contributed by atoms with Gasteiger partial charge >= 0.3 is 0 Å². The number of benzene rings is 1. The van der Waals surface area contributed by atoms with Crippen molar-refractivity contribution in [3.8, 4) is 0 Å². The summed E-state index contributed by atoms with van der Waals surface area (Å²) in [7, 11) is 0. The third-order valence-electron chi connectivity index (χ3n) is 5.40. The fourth-order valence-electron chi connectivity index (χ4n) is 3.88. The molecule has 3 aromatic rings. The lowest BCUT2D eigenvalue weighted by Gasteiger charge is -2.36. The topological polar surface area (TPSA) is 89.6 Å². The van der Waals surface area contributed by atoms with Gasteiger partial charge in [0.05, 0.1) is 25.9 Å². The largest absolute Gasteiger partial charge is 0.378 e. The standard InChI is InChI=1S/C20H24N6O3/c1-2-5-15(6-3-1)14-28-16-7-4-8-26(13-16)20-19(25-9-11-27-12-10-25)21-17-18(22-20)24-29-23-17/h1-3,5-6,16H,4,7-14H2. The molecule has 9 heteroatoms. The zero-order chi connectivity index (χ0) is 19.5. The molecule has 0 amide bonds. The molecule has 0 bridgehead atoms. The van der Waals surface area contributed by atoms with E-state index in [2.05, 4.69) is 32.2 Å². The fourth-order valence-corrected chi connectivity index (χ4v) is 3.88. The Balaban J connectivity index is 1.37. The van der Waals surface area contributed by atoms with Gasteiger partial charge < -0.3 is 19.3 Å². The zero-order valence-corrected chi connectivity index (χ0v) is 16.2. The van der Waals surface area contributed by atoms with Gasteiger partial charge in [0.15, 0.2) is 11.6 Å². The molecule has 2 aromatic heterocycles. The molecule has 0 N–H and O–H groups in total. The predicted molar refractivity (Wildman–Crippen MR) is 107 cm³/mol. The van der Waals surface area contributed by atoms with Gasteiger partial charge in [0.1, 0.15) is 0 Å². The van der Waals surface area contributed by atoms with Crippen LogP contribution in [-0.4, -0.2) is 65.8 Å². The monoisotopic (exact) mass is 396 g/mol. The van der Waals surface area contributed by atoms with Gasteiger partial charge in [-0.15, -0.1) is 0 Å². The summed E-state index contributed by atoms with van der Waals surface area (Å²) >= 11 is 0. The summed E-state index contributed by atoms with van der Waals surface area (Å²) in [6.45, 7) is 5.22. The van der Waals surface area contributed by atoms with Crippen LogP contribution >= 0.6 is 0 Å². The second-order valence-electron chi connectivity index (χ2n) is 7.39. The first-order chi connectivity index (χ1) is 14.4. The molecule has 2 fully saturated rings. The van der Waals surface area contributed by atoms with Gasteiger partial charge in [-0.05, 0) is 28.7 Å². The van der Waals surface area contributed by atoms with Crippen molar-refractivity contribution in [2.75, 3.05) is 49.2 Å². The minimum atomic E-state index is 0.148. The van der Waals surface area contributed by atoms with Crippen molar-refractivity contribution in [1.29, 1.82) is 0 Å². The van der Waals surface area contributed by atoms with Gasteiger partial charge in [0.25, 0.3) is 0 Å². The molecule has 5 rings (SSSR count). The van der Waals surface area contributed by atoms with E-state index in [9.17, 15) is 0 Å². The van der Waals surface area contributed by atoms with Gasteiger partial charge in [0.2, 0.25) is 11.3 Å². The highest BCUT2D eigenvalue weighted by atomic mass is 16.6. The normalized spacial score (nSPS) is 20.3. The molecule has 0 aliphatic carbocycles. The Kier molecular flexibility index (Phi) is 5.23. The molecule has 0 radical (unpaired) electrons. The summed E-state index contributed by atoms with van der Waals surface area (Å²) in [4.78, 5) is 13.9. The number of nitrogens with zero attached hydrogens (tertiary/aromatic N) is 6. The molecule has 1 unspecified atom stereocenters. The SMILES string of the molecule is c1ccc(COC2CCCN(c3nc4nonc4nc3N3CCOCC3)C2)cc1. The highest BCUT2D eigenvalue weighted by Gasteiger charge is 2.28. The van der Waals surface area contributed by atoms with Crippen LogP contribution in [0.4, 0.5) is 11.6 Å². The van der Waals surface area contributed by atoms with Crippen LogP contribution in [0.2, 0.25) is 0 Å². The highest BCUT2D eigenvalue weighted by molar-refractivity contribution is 5.74. The molecule has 2 aliphatic rings. The number of ether oxygens (including phenoxy) is 2. The smallest absolute Gasteiger partial charge is 0.245 e. The Morgan fingerprint density at radius 1 is 0.931 bits per heavy atom. The molecule has 9 nitrogen and oxygen atoms in total. The van der Waals surface area contributed by atoms with E-state index < -0.39 is 0 Å². The number of fused-ring (bicyclic) bond motifs is 1. The molecule has 0 saturated carbocycles. The van der Waals surface area contributed by atoms with E-state index in [0.29, 0.717) is 31.1 Å². The third kappa shape index (κ3) is 4.01. The van der Waals surface area contributed by atoms with Crippen molar-refractivity contribution in [1.82, 2.24) is 20.3 Å². The van der Waals surface area contributed by atoms with Gasteiger partial charge in [-0.25, -0.2) is 14.6 Å². The minimum absolute atomic E-state index is 0.148. The predicted octanol–water partition coefficient (Wildman–Crippen LogP) is 2.03. The number of morpholine rings is 1. The second kappa shape index (κ2) is 8.30. The average molecular weight is 396 g/mol. The number of aromatic nitrogens is 4. The maximum atomic E-state index is 6.21. The van der Waals surface area contributed by atoms with Gasteiger partial charge in [-0.3, -0.25) is 0 Å². The summed E-state index contributed by atoms with van der Waals surface area (Å²) < 4.78 is 16.6. The van der Waals surface area contributed by atoms with E-state index in [0.717, 1.165) is 50.7 Å². The Labute approximate surface area is 168 Å². The maximum absolute atomic E-state index is 6.21. The second-order valence-corrected chi connectivity index (χ2v) is 7.39. The molecule has 2 aliphatic heterocycles. The van der Waals surface area contributed by atoms with Crippen LogP contribution in [0.25, 0.3) is 11.3 Å². The molecule has 4 heterocycles. The summed E-state index contributed by atoms with van der Waals surface area (Å²) in [5, 5.41) is 7.77. The van der Waals surface area contributed by atoms with E-state index in [1.165, 1.54) is 5.56 Å². The number of piperidine rings is 1. The molecule has 2 saturated heterocycles. The molecule has 152 valence electrons. The maximum Gasteiger partial charge on any atom is 0.245 e. The van der Waals surface area contributed by atoms with E-state index >= 15 is 0 Å². The Morgan fingerprint density at radius 2 is 1.66 bits per heavy atom. The van der Waals surface area contributed by atoms with Gasteiger partial charge in [0, 0.05) is 26.2 Å². The number of anilines is 2. The molecular formula is C20H24N6O3. The first kappa shape index (κ1) is 18.3. The van der Waals surface area contributed by atoms with Crippen molar-refractivity contribution in [3.63, 3.8) is 0 Å². The quantitative estimate of drug-likeness (QED) is 0.642. The Morgan fingerprint density at radius 3 is 2.41 bits per heavy atom. The van der Waals surface area contributed by atoms with Crippen molar-refractivity contribution in [2.45, 2.75) is 25.6 Å². The highest BCUT2D eigenvalue weighted by Crippen LogP contribution is 2.30. The number of hydrogen-bond acceptors (Lipinski definition) is 9. The van der Waals surface area contributed by atoms with Gasteiger partial charge in [-0.1, -0.05) is 30.3 Å². The van der Waals surface area contributed by atoms with Crippen molar-refractivity contribution < 1.29 is 14.1 Å². The van der Waals surface area contributed by atoms with Crippen LogP contribution in [0.3, 0.4) is 0 Å². The van der Waals surface area contributed by atoms with Crippen LogP contribution in [0.15, 0.2) is 35.0 Å². The zero-order valence-electron chi connectivity index (χ0n) is 16.2. The lowest BCUT2D eigenvalue weighted by molar-refractivity contribution is 0.0314. The van der Waals surface area contributed by atoms with Crippen LogP contribution in [0.5, 0.6) is 0 Å². The van der Waals surface area contributed by atoms with Crippen LogP contribution in [0, 0.1) is 0 Å². The van der Waals surface area contributed by atoms with Crippen molar-refractivity contribution in [3.05, 3.63) is 35.9 Å². The molecule has 1 aromatic carbocycles. The Hall–Kier alpha value is -2.78. The first-order valence-corrected chi connectivity index (χ1v) is 10.1. The lowest BCUT2D eigenvalue weighted by atomic mass is 10.1. The Bertz CT molecular complexity index is 944. The van der Waals surface area contributed by atoms with Crippen LogP contribution in [0.1, 0.15) is 18.4 Å². The van der Waals surface area contributed by atoms with Crippen molar-refractivity contribution in [2.24, 2.45) is 0 Å². The van der Waals surface area contributed by atoms with E-state index in [-0.39, 0.29) is 6.10 Å². The third-order valence-corrected chi connectivity index (χ3v) is 5.40. The van der Waals surface area contributed by atoms with E-state index in [4.69, 9.17) is 24.1 Å². The van der Waals surface area contributed by atoms with Crippen molar-refractivity contribution >= 4 is 22.9 Å². The van der Waals surface area contributed by atoms with Crippen LogP contribution in [-0.2, 0) is 16.1 Å². The average Bonchev–Trinajstić information content (AvgIpc) is 3.26. The molecule has 1 atom stereocenters. The minimum Gasteiger partial charge on any atom is -0.378 e. The molecule has 0 spiro atoms. The first-order valence-electron chi connectivity index (χ1n) is 10.1. The molecular weight excluding hydrogens is 372 g/mol. The number of rotatable bonds is 5.